The second-order valence-electron chi connectivity index (χ2n) is 4.22. The summed E-state index contributed by atoms with van der Waals surface area (Å²) in [4.78, 5) is 0. The third-order valence-electron chi connectivity index (χ3n) is 2.72. The van der Waals surface area contributed by atoms with E-state index in [1.54, 1.807) is 0 Å². The van der Waals surface area contributed by atoms with Crippen molar-refractivity contribution < 1.29 is 0 Å². The highest BCUT2D eigenvalue weighted by molar-refractivity contribution is 4.93. The zero-order valence-corrected chi connectivity index (χ0v) is 9.19. The van der Waals surface area contributed by atoms with Gasteiger partial charge in [0.15, 0.2) is 0 Å². The monoisotopic (exact) mass is 168 g/mol. The maximum absolute atomic E-state index is 3.98. The van der Waals surface area contributed by atoms with Crippen LogP contribution in [-0.4, -0.2) is 0 Å². The van der Waals surface area contributed by atoms with Crippen molar-refractivity contribution in [2.75, 3.05) is 0 Å². The topological polar surface area (TPSA) is 0 Å². The van der Waals surface area contributed by atoms with E-state index in [0.29, 0.717) is 5.92 Å². The molecule has 2 atom stereocenters. The highest BCUT2D eigenvalue weighted by atomic mass is 14.1. The molecule has 0 aromatic rings. The molecule has 0 aliphatic rings. The first-order valence-electron chi connectivity index (χ1n) is 5.23. The van der Waals surface area contributed by atoms with Crippen LogP contribution in [0.15, 0.2) is 12.2 Å². The highest BCUT2D eigenvalue weighted by Gasteiger charge is 2.05. The molecule has 12 heavy (non-hydrogen) atoms. The predicted molar refractivity (Wildman–Crippen MR) is 57.3 cm³/mol. The molecule has 0 spiro atoms. The van der Waals surface area contributed by atoms with Crippen LogP contribution in [0.25, 0.3) is 0 Å². The normalized spacial score (nSPS) is 15.7. The van der Waals surface area contributed by atoms with Gasteiger partial charge >= 0.3 is 0 Å². The van der Waals surface area contributed by atoms with Crippen molar-refractivity contribution in [3.05, 3.63) is 12.2 Å². The van der Waals surface area contributed by atoms with E-state index in [4.69, 9.17) is 0 Å². The van der Waals surface area contributed by atoms with E-state index < -0.39 is 0 Å². The quantitative estimate of drug-likeness (QED) is 0.515. The Morgan fingerprint density at radius 1 is 1.17 bits per heavy atom. The Kier molecular flexibility index (Phi) is 6.14. The first kappa shape index (κ1) is 11.7. The summed E-state index contributed by atoms with van der Waals surface area (Å²) >= 11 is 0. The minimum Gasteiger partial charge on any atom is -0.0999 e. The van der Waals surface area contributed by atoms with Gasteiger partial charge in [-0.15, -0.1) is 0 Å². The number of rotatable bonds is 6. The van der Waals surface area contributed by atoms with Crippen molar-refractivity contribution in [1.29, 1.82) is 0 Å². The van der Waals surface area contributed by atoms with Crippen LogP contribution in [0.2, 0.25) is 0 Å². The van der Waals surface area contributed by atoms with E-state index in [2.05, 4.69) is 34.3 Å². The molecule has 0 heterocycles. The summed E-state index contributed by atoms with van der Waals surface area (Å²) in [7, 11) is 0. The van der Waals surface area contributed by atoms with E-state index in [0.717, 1.165) is 5.92 Å². The molecule has 0 aromatic heterocycles. The van der Waals surface area contributed by atoms with Crippen molar-refractivity contribution in [1.82, 2.24) is 0 Å². The lowest BCUT2D eigenvalue weighted by Gasteiger charge is -2.14. The van der Waals surface area contributed by atoms with Crippen LogP contribution < -0.4 is 0 Å². The van der Waals surface area contributed by atoms with Crippen LogP contribution in [0.4, 0.5) is 0 Å². The van der Waals surface area contributed by atoms with E-state index in [1.165, 1.54) is 31.3 Å². The van der Waals surface area contributed by atoms with Crippen LogP contribution in [0.5, 0.6) is 0 Å². The Balaban J connectivity index is 3.46. The summed E-state index contributed by atoms with van der Waals surface area (Å²) in [6.07, 6.45) is 5.38. The van der Waals surface area contributed by atoms with Gasteiger partial charge < -0.3 is 0 Å². The molecule has 0 radical (unpaired) electrons. The number of hydrogen-bond acceptors (Lipinski definition) is 0. The first-order valence-corrected chi connectivity index (χ1v) is 5.23. The van der Waals surface area contributed by atoms with Crippen molar-refractivity contribution in [3.8, 4) is 0 Å². The molecule has 0 saturated heterocycles. The number of allylic oxidation sites excluding steroid dienone is 1. The third-order valence-corrected chi connectivity index (χ3v) is 2.72. The second-order valence-corrected chi connectivity index (χ2v) is 4.22. The van der Waals surface area contributed by atoms with Crippen LogP contribution in [0.3, 0.4) is 0 Å². The summed E-state index contributed by atoms with van der Waals surface area (Å²) in [5.41, 5.74) is 1.33. The van der Waals surface area contributed by atoms with Crippen LogP contribution in [0, 0.1) is 11.8 Å². The molecule has 0 amide bonds. The summed E-state index contributed by atoms with van der Waals surface area (Å²) in [5, 5.41) is 0. The minimum atomic E-state index is 0.712. The van der Waals surface area contributed by atoms with Gasteiger partial charge in [0.25, 0.3) is 0 Å². The van der Waals surface area contributed by atoms with Gasteiger partial charge in [-0.2, -0.15) is 0 Å². The highest BCUT2D eigenvalue weighted by Crippen LogP contribution is 2.20. The molecular formula is C12H24. The lowest BCUT2D eigenvalue weighted by molar-refractivity contribution is 0.433. The molecule has 0 nitrogen and oxygen atoms in total. The molecule has 0 heteroatoms. The van der Waals surface area contributed by atoms with Gasteiger partial charge in [-0.3, -0.25) is 0 Å². The van der Waals surface area contributed by atoms with Crippen LogP contribution in [-0.2, 0) is 0 Å². The fourth-order valence-corrected chi connectivity index (χ4v) is 1.42. The largest absolute Gasteiger partial charge is 0.0999 e. The molecular weight excluding hydrogens is 144 g/mol. The van der Waals surface area contributed by atoms with Gasteiger partial charge in [-0.1, -0.05) is 52.2 Å². The maximum atomic E-state index is 3.98. The Labute approximate surface area is 78.1 Å². The SMILES string of the molecule is C=C(C)C(C)CCC(C)CCC. The lowest BCUT2D eigenvalue weighted by atomic mass is 9.92. The van der Waals surface area contributed by atoms with Crippen molar-refractivity contribution >= 4 is 0 Å². The zero-order valence-electron chi connectivity index (χ0n) is 9.19. The molecule has 0 aliphatic heterocycles. The Bertz CT molecular complexity index is 124. The van der Waals surface area contributed by atoms with Crippen LogP contribution in [0.1, 0.15) is 53.4 Å². The second kappa shape index (κ2) is 6.28. The Morgan fingerprint density at radius 2 is 1.75 bits per heavy atom. The van der Waals surface area contributed by atoms with Crippen molar-refractivity contribution in [3.63, 3.8) is 0 Å². The Morgan fingerprint density at radius 3 is 2.17 bits per heavy atom. The molecule has 0 aromatic carbocycles. The molecule has 2 unspecified atom stereocenters. The lowest BCUT2D eigenvalue weighted by Crippen LogP contribution is -2.00. The average Bonchev–Trinajstić information content (AvgIpc) is 2.00. The average molecular weight is 168 g/mol. The summed E-state index contributed by atoms with van der Waals surface area (Å²) in [6, 6.07) is 0. The summed E-state index contributed by atoms with van der Waals surface area (Å²) < 4.78 is 0. The van der Waals surface area contributed by atoms with Crippen LogP contribution >= 0.6 is 0 Å². The maximum Gasteiger partial charge on any atom is -0.0237 e. The molecule has 0 aliphatic carbocycles. The molecule has 72 valence electrons. The third kappa shape index (κ3) is 5.40. The molecule has 0 N–H and O–H groups in total. The van der Waals surface area contributed by atoms with E-state index >= 15 is 0 Å². The van der Waals surface area contributed by atoms with E-state index in [9.17, 15) is 0 Å². The Hall–Kier alpha value is -0.260. The molecule has 0 saturated carbocycles. The summed E-state index contributed by atoms with van der Waals surface area (Å²) in [6.45, 7) is 13.0. The van der Waals surface area contributed by atoms with Crippen molar-refractivity contribution in [2.45, 2.75) is 53.4 Å². The van der Waals surface area contributed by atoms with Gasteiger partial charge in [0.1, 0.15) is 0 Å². The molecule has 0 rings (SSSR count). The van der Waals surface area contributed by atoms with Gasteiger partial charge in [-0.05, 0) is 25.2 Å². The fraction of sp³-hybridized carbons (Fsp3) is 0.833. The number of hydrogen-bond donors (Lipinski definition) is 0. The molecule has 0 bridgehead atoms. The first-order chi connectivity index (χ1) is 5.57. The zero-order chi connectivity index (χ0) is 9.56. The minimum absolute atomic E-state index is 0.712. The van der Waals surface area contributed by atoms with Gasteiger partial charge in [0, 0.05) is 0 Å². The predicted octanol–water partition coefficient (Wildman–Crippen LogP) is 4.42. The van der Waals surface area contributed by atoms with Crippen molar-refractivity contribution in [2.24, 2.45) is 11.8 Å². The molecule has 0 fully saturated rings. The van der Waals surface area contributed by atoms with E-state index in [-0.39, 0.29) is 0 Å². The van der Waals surface area contributed by atoms with E-state index in [1.807, 2.05) is 0 Å². The summed E-state index contributed by atoms with van der Waals surface area (Å²) in [5.74, 6) is 1.61. The standard InChI is InChI=1S/C12H24/c1-6-7-11(4)8-9-12(5)10(2)3/h11-12H,2,6-9H2,1,3-5H3. The van der Waals surface area contributed by atoms with Gasteiger partial charge in [0.05, 0.1) is 0 Å². The van der Waals surface area contributed by atoms with Gasteiger partial charge in [-0.25, -0.2) is 0 Å². The smallest absolute Gasteiger partial charge is 0.0237 e. The van der Waals surface area contributed by atoms with Gasteiger partial charge in [0.2, 0.25) is 0 Å². The fourth-order valence-electron chi connectivity index (χ4n) is 1.42.